The first kappa shape index (κ1) is 15.3. The number of rotatable bonds is 6. The van der Waals surface area contributed by atoms with E-state index in [2.05, 4.69) is 13.2 Å². The minimum absolute atomic E-state index is 0.161. The van der Waals surface area contributed by atoms with E-state index in [1.165, 1.54) is 6.07 Å². The van der Waals surface area contributed by atoms with Crippen molar-refractivity contribution in [2.75, 3.05) is 24.0 Å². The summed E-state index contributed by atoms with van der Waals surface area (Å²) >= 11 is 1.81. The molecule has 0 fully saturated rings. The average molecular weight is 270 g/mol. The van der Waals surface area contributed by atoms with Gasteiger partial charge < -0.3 is 10.6 Å². The molecule has 2 nitrogen and oxygen atoms in total. The minimum Gasteiger partial charge on any atom is -0.369 e. The number of halogens is 1. The molecule has 1 rings (SSSR count). The Morgan fingerprint density at radius 3 is 2.61 bits per heavy atom. The fourth-order valence-corrected chi connectivity index (χ4v) is 2.55. The molecule has 1 aromatic carbocycles. The van der Waals surface area contributed by atoms with Crippen LogP contribution in [0.2, 0.25) is 0 Å². The molecule has 0 aromatic heterocycles. The third-order valence-electron chi connectivity index (χ3n) is 3.26. The van der Waals surface area contributed by atoms with Gasteiger partial charge in [0.05, 0.1) is 5.69 Å². The molecule has 0 spiro atoms. The molecule has 0 saturated heterocycles. The highest BCUT2D eigenvalue weighted by Gasteiger charge is 2.19. The van der Waals surface area contributed by atoms with Gasteiger partial charge in [0.25, 0.3) is 0 Å². The van der Waals surface area contributed by atoms with Gasteiger partial charge in [-0.05, 0) is 43.9 Å². The Labute approximate surface area is 114 Å². The van der Waals surface area contributed by atoms with Gasteiger partial charge in [-0.15, -0.1) is 0 Å². The predicted octanol–water partition coefficient (Wildman–Crippen LogP) is 3.42. The summed E-state index contributed by atoms with van der Waals surface area (Å²) in [6, 6.07) is 5.26. The normalized spacial score (nSPS) is 14.3. The molecule has 0 heterocycles. The van der Waals surface area contributed by atoms with E-state index < -0.39 is 0 Å². The van der Waals surface area contributed by atoms with Crippen LogP contribution in [0.3, 0.4) is 0 Å². The summed E-state index contributed by atoms with van der Waals surface area (Å²) in [6.45, 7) is 4.01. The van der Waals surface area contributed by atoms with Crippen LogP contribution in [0.25, 0.3) is 0 Å². The average Bonchev–Trinajstić information content (AvgIpc) is 2.34. The molecule has 4 heteroatoms. The van der Waals surface area contributed by atoms with Crippen LogP contribution in [-0.4, -0.2) is 25.1 Å². The number of para-hydroxylation sites is 1. The molecule has 2 N–H and O–H groups in total. The predicted molar refractivity (Wildman–Crippen MR) is 79.9 cm³/mol. The van der Waals surface area contributed by atoms with E-state index in [0.717, 1.165) is 17.7 Å². The Hall–Kier alpha value is -0.740. The Morgan fingerprint density at radius 1 is 1.39 bits per heavy atom. The van der Waals surface area contributed by atoms with Crippen LogP contribution in [0.5, 0.6) is 0 Å². The van der Waals surface area contributed by atoms with Crippen molar-refractivity contribution in [1.82, 2.24) is 0 Å². The molecule has 0 aliphatic carbocycles. The number of hydrogen-bond acceptors (Lipinski definition) is 3. The van der Waals surface area contributed by atoms with Crippen LogP contribution in [-0.2, 0) is 0 Å². The highest BCUT2D eigenvalue weighted by molar-refractivity contribution is 7.98. The van der Waals surface area contributed by atoms with E-state index in [1.54, 1.807) is 6.07 Å². The molecule has 18 heavy (non-hydrogen) atoms. The summed E-state index contributed by atoms with van der Waals surface area (Å²) in [5.74, 6) is 0.885. The first-order valence-electron chi connectivity index (χ1n) is 6.24. The highest BCUT2D eigenvalue weighted by Crippen LogP contribution is 2.29. The van der Waals surface area contributed by atoms with Crippen molar-refractivity contribution in [2.24, 2.45) is 5.73 Å². The third kappa shape index (κ3) is 3.62. The third-order valence-corrected chi connectivity index (χ3v) is 3.91. The molecule has 1 aromatic rings. The summed E-state index contributed by atoms with van der Waals surface area (Å²) < 4.78 is 14.0. The highest BCUT2D eigenvalue weighted by atomic mass is 32.2. The van der Waals surface area contributed by atoms with Crippen molar-refractivity contribution < 1.29 is 4.39 Å². The van der Waals surface area contributed by atoms with E-state index in [0.29, 0.717) is 11.7 Å². The van der Waals surface area contributed by atoms with E-state index in [4.69, 9.17) is 5.73 Å². The van der Waals surface area contributed by atoms with Gasteiger partial charge in [0.15, 0.2) is 0 Å². The lowest BCUT2D eigenvalue weighted by Gasteiger charge is -2.30. The monoisotopic (exact) mass is 270 g/mol. The number of hydrogen-bond donors (Lipinski definition) is 1. The molecule has 102 valence electrons. The standard InChI is InChI=1S/C14H23FN2S/c1-10(8-9-18-4)17(3)14-12(11(2)16)6-5-7-13(14)15/h5-7,10-11H,8-9,16H2,1-4H3/t10?,11-/m0/s1. The Morgan fingerprint density at radius 2 is 2.06 bits per heavy atom. The van der Waals surface area contributed by atoms with Crippen molar-refractivity contribution in [2.45, 2.75) is 32.4 Å². The molecule has 0 radical (unpaired) electrons. The van der Waals surface area contributed by atoms with Crippen LogP contribution >= 0.6 is 11.8 Å². The summed E-state index contributed by atoms with van der Waals surface area (Å²) in [4.78, 5) is 2.00. The number of nitrogens with zero attached hydrogens (tertiary/aromatic N) is 1. The van der Waals surface area contributed by atoms with E-state index in [-0.39, 0.29) is 11.9 Å². The van der Waals surface area contributed by atoms with Crippen molar-refractivity contribution in [3.8, 4) is 0 Å². The van der Waals surface area contributed by atoms with Crippen LogP contribution in [0.15, 0.2) is 18.2 Å². The fourth-order valence-electron chi connectivity index (χ4n) is 1.97. The SMILES string of the molecule is CSCCC(C)N(C)c1c(F)cccc1[C@H](C)N. The molecular formula is C14H23FN2S. The van der Waals surface area contributed by atoms with Gasteiger partial charge in [0, 0.05) is 19.1 Å². The molecule has 0 aliphatic rings. The summed E-state index contributed by atoms with van der Waals surface area (Å²) in [6.07, 6.45) is 3.12. The van der Waals surface area contributed by atoms with Crippen molar-refractivity contribution in [3.05, 3.63) is 29.6 Å². The smallest absolute Gasteiger partial charge is 0.146 e. The summed E-state index contributed by atoms with van der Waals surface area (Å²) in [5.41, 5.74) is 7.43. The lowest BCUT2D eigenvalue weighted by molar-refractivity contribution is 0.593. The van der Waals surface area contributed by atoms with Crippen LogP contribution < -0.4 is 10.6 Å². The van der Waals surface area contributed by atoms with Crippen LogP contribution in [0.1, 0.15) is 31.9 Å². The second-order valence-corrected chi connectivity index (χ2v) is 5.69. The zero-order valence-corrected chi connectivity index (χ0v) is 12.4. The van der Waals surface area contributed by atoms with Gasteiger partial charge in [-0.25, -0.2) is 4.39 Å². The molecule has 1 unspecified atom stereocenters. The summed E-state index contributed by atoms with van der Waals surface area (Å²) in [7, 11) is 1.94. The van der Waals surface area contributed by atoms with E-state index in [9.17, 15) is 4.39 Å². The lowest BCUT2D eigenvalue weighted by atomic mass is 10.0. The summed E-state index contributed by atoms with van der Waals surface area (Å²) in [5, 5.41) is 0. The minimum atomic E-state index is -0.191. The number of anilines is 1. The molecular weight excluding hydrogens is 247 g/mol. The van der Waals surface area contributed by atoms with E-state index >= 15 is 0 Å². The van der Waals surface area contributed by atoms with Gasteiger partial charge in [0.1, 0.15) is 5.82 Å². The fraction of sp³-hybridized carbons (Fsp3) is 0.571. The Balaban J connectivity index is 3.00. The molecule has 0 aliphatic heterocycles. The first-order chi connectivity index (χ1) is 8.49. The largest absolute Gasteiger partial charge is 0.369 e. The molecule has 2 atom stereocenters. The second-order valence-electron chi connectivity index (χ2n) is 4.71. The van der Waals surface area contributed by atoms with Crippen molar-refractivity contribution in [3.63, 3.8) is 0 Å². The topological polar surface area (TPSA) is 29.3 Å². The Bertz CT molecular complexity index is 382. The van der Waals surface area contributed by atoms with Gasteiger partial charge >= 0.3 is 0 Å². The molecule has 0 amide bonds. The van der Waals surface area contributed by atoms with E-state index in [1.807, 2.05) is 36.7 Å². The number of nitrogens with two attached hydrogens (primary N) is 1. The maximum Gasteiger partial charge on any atom is 0.146 e. The second kappa shape index (κ2) is 7.00. The van der Waals surface area contributed by atoms with Gasteiger partial charge in [0.2, 0.25) is 0 Å². The lowest BCUT2D eigenvalue weighted by Crippen LogP contribution is -2.31. The number of thioether (sulfide) groups is 1. The quantitative estimate of drug-likeness (QED) is 0.859. The maximum absolute atomic E-state index is 14.0. The number of benzene rings is 1. The van der Waals surface area contributed by atoms with Gasteiger partial charge in [-0.2, -0.15) is 11.8 Å². The van der Waals surface area contributed by atoms with Gasteiger partial charge in [-0.3, -0.25) is 0 Å². The van der Waals surface area contributed by atoms with Crippen LogP contribution in [0, 0.1) is 5.82 Å². The first-order valence-corrected chi connectivity index (χ1v) is 7.64. The van der Waals surface area contributed by atoms with Crippen molar-refractivity contribution in [1.29, 1.82) is 0 Å². The van der Waals surface area contributed by atoms with Crippen LogP contribution in [0.4, 0.5) is 10.1 Å². The maximum atomic E-state index is 14.0. The van der Waals surface area contributed by atoms with Gasteiger partial charge in [-0.1, -0.05) is 12.1 Å². The zero-order valence-electron chi connectivity index (χ0n) is 11.6. The molecule has 0 saturated carbocycles. The Kier molecular flexibility index (Phi) is 5.96. The zero-order chi connectivity index (χ0) is 13.7. The van der Waals surface area contributed by atoms with Crippen molar-refractivity contribution >= 4 is 17.4 Å². The molecule has 0 bridgehead atoms.